The molecule has 10 heteroatoms. The van der Waals surface area contributed by atoms with E-state index in [9.17, 15) is 13.6 Å². The van der Waals surface area contributed by atoms with Crippen molar-refractivity contribution in [1.29, 1.82) is 0 Å². The second-order valence-electron chi connectivity index (χ2n) is 6.98. The van der Waals surface area contributed by atoms with Crippen LogP contribution in [0.5, 0.6) is 11.5 Å². The van der Waals surface area contributed by atoms with E-state index in [-0.39, 0.29) is 17.1 Å². The number of amides is 1. The van der Waals surface area contributed by atoms with Crippen LogP contribution in [0, 0.1) is 0 Å². The summed E-state index contributed by atoms with van der Waals surface area (Å²) in [7, 11) is 3.20. The number of hydrogen-bond acceptors (Lipinski definition) is 5. The molecule has 0 saturated heterocycles. The van der Waals surface area contributed by atoms with Gasteiger partial charge in [-0.15, -0.1) is 0 Å². The third-order valence-electron chi connectivity index (χ3n) is 4.91. The second-order valence-corrected chi connectivity index (χ2v) is 6.98. The largest absolute Gasteiger partial charge is 0.496 e. The highest BCUT2D eigenvalue weighted by Crippen LogP contribution is 2.36. The summed E-state index contributed by atoms with van der Waals surface area (Å²) in [6, 6.07) is 6.79. The lowest BCUT2D eigenvalue weighted by Crippen LogP contribution is -2.24. The fourth-order valence-electron chi connectivity index (χ4n) is 3.50. The highest BCUT2D eigenvalue weighted by atomic mass is 19.3. The molecule has 0 saturated carbocycles. The van der Waals surface area contributed by atoms with Crippen LogP contribution in [0.2, 0.25) is 0 Å². The van der Waals surface area contributed by atoms with Gasteiger partial charge in [-0.2, -0.15) is 13.9 Å². The molecule has 1 aromatic carbocycles. The molecule has 0 radical (unpaired) electrons. The summed E-state index contributed by atoms with van der Waals surface area (Å²) in [4.78, 5) is 16.9. The van der Waals surface area contributed by atoms with Crippen LogP contribution >= 0.6 is 0 Å². The molecular weight excluding hydrogens is 420 g/mol. The smallest absolute Gasteiger partial charge is 0.387 e. The van der Waals surface area contributed by atoms with Crippen molar-refractivity contribution in [3.63, 3.8) is 0 Å². The number of aromatic nitrogens is 4. The summed E-state index contributed by atoms with van der Waals surface area (Å²) in [5.74, 6) is -0.723. The number of nitrogens with zero attached hydrogens (tertiary/aromatic N) is 4. The van der Waals surface area contributed by atoms with Crippen molar-refractivity contribution in [2.75, 3.05) is 13.7 Å². The maximum Gasteiger partial charge on any atom is 0.387 e. The van der Waals surface area contributed by atoms with E-state index in [4.69, 9.17) is 4.74 Å². The summed E-state index contributed by atoms with van der Waals surface area (Å²) >= 11 is 0. The molecule has 32 heavy (non-hydrogen) atoms. The molecule has 4 aromatic rings. The molecule has 0 aliphatic heterocycles. The first-order valence-corrected chi connectivity index (χ1v) is 9.82. The third kappa shape index (κ3) is 3.98. The minimum Gasteiger partial charge on any atom is -0.496 e. The lowest BCUT2D eigenvalue weighted by Gasteiger charge is -2.16. The van der Waals surface area contributed by atoms with Gasteiger partial charge in [0.25, 0.3) is 5.91 Å². The molecule has 0 aliphatic rings. The fraction of sp³-hybridized carbons (Fsp3) is 0.227. The number of rotatable bonds is 7. The molecule has 0 bridgehead atoms. The Balaban J connectivity index is 1.82. The summed E-state index contributed by atoms with van der Waals surface area (Å²) in [5, 5.41) is 6.77. The van der Waals surface area contributed by atoms with Crippen molar-refractivity contribution in [3.05, 3.63) is 54.6 Å². The monoisotopic (exact) mass is 441 g/mol. The molecule has 8 nitrogen and oxygen atoms in total. The first-order chi connectivity index (χ1) is 15.4. The van der Waals surface area contributed by atoms with Crippen LogP contribution in [0.25, 0.3) is 28.0 Å². The van der Waals surface area contributed by atoms with Gasteiger partial charge in [0.05, 0.1) is 25.2 Å². The molecule has 166 valence electrons. The van der Waals surface area contributed by atoms with Gasteiger partial charge in [0, 0.05) is 37.1 Å². The molecule has 1 N–H and O–H groups in total. The first kappa shape index (κ1) is 21.3. The highest BCUT2D eigenvalue weighted by molar-refractivity contribution is 6.00. The number of alkyl halides is 2. The van der Waals surface area contributed by atoms with Gasteiger partial charge in [-0.05, 0) is 36.8 Å². The Morgan fingerprint density at radius 3 is 2.59 bits per heavy atom. The Kier molecular flexibility index (Phi) is 5.76. The Labute approximate surface area is 182 Å². The van der Waals surface area contributed by atoms with Crippen molar-refractivity contribution < 1.29 is 23.0 Å². The van der Waals surface area contributed by atoms with E-state index in [1.165, 1.54) is 13.2 Å². The minimum atomic E-state index is -3.10. The fourth-order valence-corrected chi connectivity index (χ4v) is 3.50. The number of benzene rings is 1. The van der Waals surface area contributed by atoms with Crippen LogP contribution in [0.4, 0.5) is 8.78 Å². The highest BCUT2D eigenvalue weighted by Gasteiger charge is 2.23. The summed E-state index contributed by atoms with van der Waals surface area (Å²) in [6.45, 7) is -1.05. The average molecular weight is 441 g/mol. The van der Waals surface area contributed by atoms with Crippen LogP contribution in [-0.2, 0) is 7.05 Å². The molecule has 4 rings (SSSR count). The van der Waals surface area contributed by atoms with E-state index in [0.717, 1.165) is 11.1 Å². The SMILES string of the molecule is CCNC(=O)c1c(OC)cc(-c2cnc3cc(-c4cnn(C)c4)ccn23)cc1OC(F)F. The summed E-state index contributed by atoms with van der Waals surface area (Å²) in [6.07, 6.45) is 7.11. The number of carbonyl (C=O) groups excluding carboxylic acids is 1. The van der Waals surface area contributed by atoms with Crippen LogP contribution in [-0.4, -0.2) is 45.3 Å². The van der Waals surface area contributed by atoms with E-state index < -0.39 is 12.5 Å². The van der Waals surface area contributed by atoms with Gasteiger partial charge in [0.1, 0.15) is 22.7 Å². The zero-order valence-electron chi connectivity index (χ0n) is 17.7. The topological polar surface area (TPSA) is 82.7 Å². The van der Waals surface area contributed by atoms with E-state index in [1.807, 2.05) is 36.0 Å². The number of hydrogen-bond donors (Lipinski definition) is 1. The summed E-state index contributed by atoms with van der Waals surface area (Å²) < 4.78 is 39.7. The number of methoxy groups -OCH3 is 1. The Morgan fingerprint density at radius 2 is 1.94 bits per heavy atom. The van der Waals surface area contributed by atoms with Gasteiger partial charge in [-0.3, -0.25) is 13.9 Å². The van der Waals surface area contributed by atoms with E-state index in [0.29, 0.717) is 23.4 Å². The van der Waals surface area contributed by atoms with Crippen LogP contribution < -0.4 is 14.8 Å². The Hall–Kier alpha value is -3.95. The van der Waals surface area contributed by atoms with E-state index in [1.54, 1.807) is 30.1 Å². The maximum atomic E-state index is 13.1. The molecule has 0 unspecified atom stereocenters. The number of pyridine rings is 1. The van der Waals surface area contributed by atoms with Gasteiger partial charge in [-0.25, -0.2) is 4.98 Å². The standard InChI is InChI=1S/C22H21F2N5O3/c1-4-25-21(30)20-17(31-3)7-14(8-18(20)32-22(23)24)16-11-26-19-9-13(5-6-29(16)19)15-10-27-28(2)12-15/h5-12,22H,4H2,1-3H3,(H,25,30). The number of carbonyl (C=O) groups is 1. The number of nitrogens with one attached hydrogen (secondary N) is 1. The lowest BCUT2D eigenvalue weighted by molar-refractivity contribution is -0.0502. The molecule has 0 spiro atoms. The van der Waals surface area contributed by atoms with Crippen molar-refractivity contribution >= 4 is 11.6 Å². The first-order valence-electron chi connectivity index (χ1n) is 9.82. The summed E-state index contributed by atoms with van der Waals surface area (Å²) in [5.41, 5.74) is 3.58. The van der Waals surface area contributed by atoms with Crippen molar-refractivity contribution in [3.8, 4) is 33.9 Å². The van der Waals surface area contributed by atoms with Gasteiger partial charge >= 0.3 is 6.61 Å². The van der Waals surface area contributed by atoms with Gasteiger partial charge in [0.15, 0.2) is 0 Å². The molecule has 3 aromatic heterocycles. The molecule has 0 atom stereocenters. The van der Waals surface area contributed by atoms with Gasteiger partial charge in [-0.1, -0.05) is 0 Å². The zero-order chi connectivity index (χ0) is 22.8. The number of halogens is 2. The molecule has 3 heterocycles. The normalized spacial score (nSPS) is 11.2. The lowest BCUT2D eigenvalue weighted by atomic mass is 10.1. The number of fused-ring (bicyclic) bond motifs is 1. The minimum absolute atomic E-state index is 0.0916. The van der Waals surface area contributed by atoms with Gasteiger partial charge < -0.3 is 14.8 Å². The van der Waals surface area contributed by atoms with Gasteiger partial charge in [0.2, 0.25) is 0 Å². The quantitative estimate of drug-likeness (QED) is 0.472. The number of aryl methyl sites for hydroxylation is 1. The second kappa shape index (κ2) is 8.66. The van der Waals surface area contributed by atoms with E-state index in [2.05, 4.69) is 20.1 Å². The molecule has 0 aliphatic carbocycles. The predicted molar refractivity (Wildman–Crippen MR) is 114 cm³/mol. The van der Waals surface area contributed by atoms with Crippen LogP contribution in [0.1, 0.15) is 17.3 Å². The van der Waals surface area contributed by atoms with Crippen LogP contribution in [0.3, 0.4) is 0 Å². The third-order valence-corrected chi connectivity index (χ3v) is 4.91. The van der Waals surface area contributed by atoms with Crippen LogP contribution in [0.15, 0.2) is 49.1 Å². The zero-order valence-corrected chi connectivity index (χ0v) is 17.7. The molecule has 0 fully saturated rings. The van der Waals surface area contributed by atoms with Crippen molar-refractivity contribution in [1.82, 2.24) is 24.5 Å². The number of imidazole rings is 1. The predicted octanol–water partition coefficient (Wildman–Crippen LogP) is 3.76. The molecular formula is C22H21F2N5O3. The van der Waals surface area contributed by atoms with Crippen molar-refractivity contribution in [2.45, 2.75) is 13.5 Å². The van der Waals surface area contributed by atoms with E-state index >= 15 is 0 Å². The Morgan fingerprint density at radius 1 is 1.16 bits per heavy atom. The number of ether oxygens (including phenoxy) is 2. The maximum absolute atomic E-state index is 13.1. The molecule has 1 amide bonds. The Bertz CT molecular complexity index is 1280. The average Bonchev–Trinajstić information content (AvgIpc) is 3.38. The van der Waals surface area contributed by atoms with Crippen molar-refractivity contribution in [2.24, 2.45) is 7.05 Å².